The second kappa shape index (κ2) is 5.39. The highest BCUT2D eigenvalue weighted by Crippen LogP contribution is 2.25. The maximum Gasteiger partial charge on any atom is 0.0568 e. The van der Waals surface area contributed by atoms with E-state index in [2.05, 4.69) is 56.1 Å². The molecule has 0 aliphatic heterocycles. The van der Waals surface area contributed by atoms with Gasteiger partial charge in [0.25, 0.3) is 0 Å². The van der Waals surface area contributed by atoms with Gasteiger partial charge in [-0.05, 0) is 51.8 Å². The molecule has 0 unspecified atom stereocenters. The third kappa shape index (κ3) is 2.75. The lowest BCUT2D eigenvalue weighted by Crippen LogP contribution is -1.99. The van der Waals surface area contributed by atoms with Gasteiger partial charge < -0.3 is 0 Å². The van der Waals surface area contributed by atoms with E-state index in [1.165, 1.54) is 11.1 Å². The highest BCUT2D eigenvalue weighted by molar-refractivity contribution is 5.71. The average Bonchev–Trinajstić information content (AvgIpc) is 2.88. The molecule has 0 aliphatic carbocycles. The lowest BCUT2D eigenvalue weighted by Gasteiger charge is -2.07. The number of nitrogens with zero attached hydrogens (tertiary/aromatic N) is 3. The molecule has 0 atom stereocenters. The molecule has 100 valence electrons. The first-order valence-electron chi connectivity index (χ1n) is 6.67. The van der Waals surface area contributed by atoms with Crippen molar-refractivity contribution in [3.05, 3.63) is 42.0 Å². The molecule has 0 saturated carbocycles. The molecule has 0 saturated heterocycles. The molecule has 0 bridgehead atoms. The molecule has 0 N–H and O–H groups in total. The Labute approximate surface area is 115 Å². The number of rotatable bonds is 3. The van der Waals surface area contributed by atoms with Crippen LogP contribution in [0.1, 0.15) is 45.0 Å². The van der Waals surface area contributed by atoms with Crippen molar-refractivity contribution in [3.8, 4) is 11.1 Å². The smallest absolute Gasteiger partial charge is 0.0568 e. The summed E-state index contributed by atoms with van der Waals surface area (Å²) in [6, 6.07) is 2.57. The molecule has 0 fully saturated rings. The van der Waals surface area contributed by atoms with Crippen LogP contribution in [0.5, 0.6) is 0 Å². The van der Waals surface area contributed by atoms with Crippen LogP contribution < -0.4 is 0 Å². The molecule has 19 heavy (non-hydrogen) atoms. The molecule has 0 aliphatic rings. The van der Waals surface area contributed by atoms with Gasteiger partial charge >= 0.3 is 0 Å². The minimum atomic E-state index is 0.379. The van der Waals surface area contributed by atoms with E-state index < -0.39 is 0 Å². The van der Waals surface area contributed by atoms with Gasteiger partial charge in [0, 0.05) is 35.3 Å². The van der Waals surface area contributed by atoms with Crippen LogP contribution in [0.2, 0.25) is 0 Å². The van der Waals surface area contributed by atoms with Crippen LogP contribution in [0.25, 0.3) is 16.7 Å². The van der Waals surface area contributed by atoms with E-state index in [-0.39, 0.29) is 0 Å². The number of aryl methyl sites for hydroxylation is 1. The fourth-order valence-corrected chi connectivity index (χ4v) is 2.02. The van der Waals surface area contributed by atoms with Crippen LogP contribution >= 0.6 is 0 Å². The summed E-state index contributed by atoms with van der Waals surface area (Å²) in [7, 11) is 0. The molecule has 0 amide bonds. The third-order valence-electron chi connectivity index (χ3n) is 3.41. The molecule has 0 spiro atoms. The van der Waals surface area contributed by atoms with Crippen molar-refractivity contribution in [2.24, 2.45) is 0 Å². The minimum absolute atomic E-state index is 0.379. The van der Waals surface area contributed by atoms with Gasteiger partial charge in [-0.2, -0.15) is 5.10 Å². The Kier molecular flexibility index (Phi) is 3.84. The van der Waals surface area contributed by atoms with Crippen LogP contribution in [0.4, 0.5) is 0 Å². The van der Waals surface area contributed by atoms with Crippen molar-refractivity contribution in [2.75, 3.05) is 0 Å². The highest BCUT2D eigenvalue weighted by atomic mass is 15.3. The maximum absolute atomic E-state index is 4.50. The molecular weight excluding hydrogens is 234 g/mol. The summed E-state index contributed by atoms with van der Waals surface area (Å²) in [5, 5.41) is 4.38. The van der Waals surface area contributed by atoms with Gasteiger partial charge in [0.1, 0.15) is 0 Å². The van der Waals surface area contributed by atoms with Gasteiger partial charge in [0.2, 0.25) is 0 Å². The van der Waals surface area contributed by atoms with E-state index in [0.29, 0.717) is 6.04 Å². The van der Waals surface area contributed by atoms with Gasteiger partial charge in [-0.1, -0.05) is 6.08 Å². The lowest BCUT2D eigenvalue weighted by atomic mass is 10.0. The van der Waals surface area contributed by atoms with E-state index in [1.54, 1.807) is 0 Å². The van der Waals surface area contributed by atoms with Crippen molar-refractivity contribution >= 4 is 5.57 Å². The molecule has 0 aromatic carbocycles. The van der Waals surface area contributed by atoms with Crippen molar-refractivity contribution in [1.29, 1.82) is 0 Å². The van der Waals surface area contributed by atoms with Crippen LogP contribution in [0.15, 0.2) is 30.7 Å². The normalized spacial score (nSPS) is 12.2. The number of allylic oxidation sites excluding steroid dienone is 2. The maximum atomic E-state index is 4.50. The third-order valence-corrected chi connectivity index (χ3v) is 3.41. The second-order valence-electron chi connectivity index (χ2n) is 5.13. The Morgan fingerprint density at radius 2 is 2.00 bits per heavy atom. The fourth-order valence-electron chi connectivity index (χ4n) is 2.02. The number of pyridine rings is 1. The standard InChI is InChI=1S/C16H21N3/c1-6-12(4)16-7-14(8-17-13(16)5)15-9-18-19(10-15)11(2)3/h6-11H,1-5H3/b12-6-. The zero-order chi connectivity index (χ0) is 14.0. The van der Waals surface area contributed by atoms with E-state index in [1.807, 2.05) is 24.0 Å². The second-order valence-corrected chi connectivity index (χ2v) is 5.13. The van der Waals surface area contributed by atoms with E-state index in [9.17, 15) is 0 Å². The fraction of sp³-hybridized carbons (Fsp3) is 0.375. The van der Waals surface area contributed by atoms with Crippen LogP contribution in [-0.2, 0) is 0 Å². The molecule has 2 aromatic rings. The first kappa shape index (κ1) is 13.5. The largest absolute Gasteiger partial charge is 0.270 e. The Bertz CT molecular complexity index is 606. The molecule has 0 radical (unpaired) electrons. The van der Waals surface area contributed by atoms with E-state index in [0.717, 1.165) is 16.8 Å². The number of hydrogen-bond donors (Lipinski definition) is 0. The molecule has 2 heterocycles. The van der Waals surface area contributed by atoms with Gasteiger partial charge in [0.15, 0.2) is 0 Å². The van der Waals surface area contributed by atoms with Gasteiger partial charge in [0.05, 0.1) is 6.20 Å². The molecule has 3 nitrogen and oxygen atoms in total. The minimum Gasteiger partial charge on any atom is -0.270 e. The zero-order valence-electron chi connectivity index (χ0n) is 12.3. The first-order valence-corrected chi connectivity index (χ1v) is 6.67. The van der Waals surface area contributed by atoms with Crippen LogP contribution in [0, 0.1) is 6.92 Å². The molecular formula is C16H21N3. The van der Waals surface area contributed by atoms with Crippen molar-refractivity contribution < 1.29 is 0 Å². The summed E-state index contributed by atoms with van der Waals surface area (Å²) in [5.41, 5.74) is 5.76. The van der Waals surface area contributed by atoms with Gasteiger partial charge in [-0.25, -0.2) is 0 Å². The molecule has 2 rings (SSSR count). The summed E-state index contributed by atoms with van der Waals surface area (Å²) < 4.78 is 1.97. The summed E-state index contributed by atoms with van der Waals surface area (Å²) in [6.45, 7) is 10.5. The van der Waals surface area contributed by atoms with E-state index >= 15 is 0 Å². The average molecular weight is 255 g/mol. The van der Waals surface area contributed by atoms with Crippen LogP contribution in [0.3, 0.4) is 0 Å². The SMILES string of the molecule is C/C=C(/C)c1cc(-c2cnn(C(C)C)c2)cnc1C. The van der Waals surface area contributed by atoms with Crippen molar-refractivity contribution in [3.63, 3.8) is 0 Å². The zero-order valence-corrected chi connectivity index (χ0v) is 12.3. The topological polar surface area (TPSA) is 30.7 Å². The highest BCUT2D eigenvalue weighted by Gasteiger charge is 2.08. The molecule has 2 aromatic heterocycles. The summed E-state index contributed by atoms with van der Waals surface area (Å²) in [4.78, 5) is 4.50. The summed E-state index contributed by atoms with van der Waals surface area (Å²) in [5.74, 6) is 0. The Hall–Kier alpha value is -1.90. The summed E-state index contributed by atoms with van der Waals surface area (Å²) >= 11 is 0. The predicted molar refractivity (Wildman–Crippen MR) is 79.9 cm³/mol. The number of hydrogen-bond acceptors (Lipinski definition) is 2. The first-order chi connectivity index (χ1) is 9.02. The van der Waals surface area contributed by atoms with Crippen LogP contribution in [-0.4, -0.2) is 14.8 Å². The van der Waals surface area contributed by atoms with Gasteiger partial charge in [-0.15, -0.1) is 0 Å². The van der Waals surface area contributed by atoms with Crippen molar-refractivity contribution in [2.45, 2.75) is 40.7 Å². The number of aromatic nitrogens is 3. The molecule has 3 heteroatoms. The predicted octanol–water partition coefficient (Wildman–Crippen LogP) is 4.26. The Balaban J connectivity index is 2.45. The lowest BCUT2D eigenvalue weighted by molar-refractivity contribution is 0.532. The van der Waals surface area contributed by atoms with Gasteiger partial charge in [-0.3, -0.25) is 9.67 Å². The quantitative estimate of drug-likeness (QED) is 0.820. The Morgan fingerprint density at radius 3 is 2.58 bits per heavy atom. The monoisotopic (exact) mass is 255 g/mol. The Morgan fingerprint density at radius 1 is 1.26 bits per heavy atom. The summed E-state index contributed by atoms with van der Waals surface area (Å²) in [6.07, 6.45) is 8.02. The van der Waals surface area contributed by atoms with E-state index in [4.69, 9.17) is 0 Å². The van der Waals surface area contributed by atoms with Crippen molar-refractivity contribution in [1.82, 2.24) is 14.8 Å².